The minimum absolute atomic E-state index is 0.0365. The van der Waals surface area contributed by atoms with Crippen molar-refractivity contribution in [1.82, 2.24) is 20.0 Å². The summed E-state index contributed by atoms with van der Waals surface area (Å²) in [7, 11) is 0. The van der Waals surface area contributed by atoms with Gasteiger partial charge in [-0.2, -0.15) is 4.98 Å². The van der Waals surface area contributed by atoms with Crippen molar-refractivity contribution in [3.63, 3.8) is 0 Å². The topological polar surface area (TPSA) is 93.4 Å². The Balaban J connectivity index is 1.28. The Bertz CT molecular complexity index is 1320. The third kappa shape index (κ3) is 4.24. The lowest BCUT2D eigenvalue weighted by Crippen LogP contribution is -2.29. The highest BCUT2D eigenvalue weighted by atomic mass is 16.5. The highest BCUT2D eigenvalue weighted by Gasteiger charge is 2.27. The van der Waals surface area contributed by atoms with Gasteiger partial charge >= 0.3 is 0 Å². The van der Waals surface area contributed by atoms with Gasteiger partial charge in [0.05, 0.1) is 6.61 Å². The number of nitrogens with zero attached hydrogens (tertiary/aromatic N) is 4. The van der Waals surface area contributed by atoms with Crippen molar-refractivity contribution < 1.29 is 14.1 Å². The quantitative estimate of drug-likeness (QED) is 0.430. The zero-order valence-corrected chi connectivity index (χ0v) is 18.7. The molecular weight excluding hydrogens is 418 g/mol. The number of benzene rings is 2. The summed E-state index contributed by atoms with van der Waals surface area (Å²) >= 11 is 0. The van der Waals surface area contributed by atoms with Crippen LogP contribution in [0.4, 0.5) is 5.82 Å². The van der Waals surface area contributed by atoms with Gasteiger partial charge in [0.2, 0.25) is 11.7 Å². The van der Waals surface area contributed by atoms with Gasteiger partial charge in [0, 0.05) is 49.3 Å². The second-order valence-corrected chi connectivity index (χ2v) is 8.05. The number of hydrogen-bond donors (Lipinski definition) is 1. The van der Waals surface area contributed by atoms with Crippen molar-refractivity contribution in [2.75, 3.05) is 25.0 Å². The summed E-state index contributed by atoms with van der Waals surface area (Å²) in [6, 6.07) is 13.7. The molecule has 5 rings (SSSR count). The van der Waals surface area contributed by atoms with Crippen LogP contribution in [-0.2, 0) is 6.54 Å². The van der Waals surface area contributed by atoms with E-state index in [4.69, 9.17) is 9.26 Å². The number of carbonyl (C=O) groups excluding carboxylic acids is 1. The predicted octanol–water partition coefficient (Wildman–Crippen LogP) is 4.45. The van der Waals surface area contributed by atoms with Gasteiger partial charge in [0.25, 0.3) is 5.91 Å². The minimum Gasteiger partial charge on any atom is -0.494 e. The van der Waals surface area contributed by atoms with Crippen molar-refractivity contribution in [2.45, 2.75) is 26.8 Å². The van der Waals surface area contributed by atoms with E-state index >= 15 is 0 Å². The van der Waals surface area contributed by atoms with Crippen LogP contribution in [0, 0.1) is 6.92 Å². The first-order chi connectivity index (χ1) is 16.1. The molecule has 0 atom stereocenters. The summed E-state index contributed by atoms with van der Waals surface area (Å²) in [5, 5.41) is 9.42. The lowest BCUT2D eigenvalue weighted by molar-refractivity contribution is 0.0784. The molecule has 0 saturated heterocycles. The number of anilines is 1. The fourth-order valence-electron chi connectivity index (χ4n) is 4.00. The molecule has 8 nitrogen and oxygen atoms in total. The number of ether oxygens (including phenoxy) is 1. The summed E-state index contributed by atoms with van der Waals surface area (Å²) in [5.41, 5.74) is 2.63. The number of carbonyl (C=O) groups is 1. The van der Waals surface area contributed by atoms with E-state index in [0.29, 0.717) is 38.0 Å². The standard InChI is InChI=1S/C25H25N5O3/c1-3-12-32-20-7-6-19-15-30(25(31)22(19)14-20)11-10-27-24-21-13-18(23-28-16(2)33-29-23)5-4-17(21)8-9-26-24/h4-9,13-14H,3,10-12,15H2,1-2H3,(H,26,27). The van der Waals surface area contributed by atoms with E-state index in [0.717, 1.165) is 45.5 Å². The Kier molecular flexibility index (Phi) is 5.64. The fourth-order valence-corrected chi connectivity index (χ4v) is 4.00. The Morgan fingerprint density at radius 3 is 2.91 bits per heavy atom. The Labute approximate surface area is 191 Å². The molecule has 168 valence electrons. The zero-order chi connectivity index (χ0) is 22.8. The number of fused-ring (bicyclic) bond motifs is 2. The van der Waals surface area contributed by atoms with E-state index < -0.39 is 0 Å². The molecule has 8 heteroatoms. The average molecular weight is 444 g/mol. The number of rotatable bonds is 8. The summed E-state index contributed by atoms with van der Waals surface area (Å²) in [5.74, 6) is 2.61. The maximum Gasteiger partial charge on any atom is 0.254 e. The van der Waals surface area contributed by atoms with Crippen molar-refractivity contribution in [3.8, 4) is 17.1 Å². The van der Waals surface area contributed by atoms with Crippen molar-refractivity contribution in [2.24, 2.45) is 0 Å². The summed E-state index contributed by atoms with van der Waals surface area (Å²) in [6.45, 7) is 6.23. The number of hydrogen-bond acceptors (Lipinski definition) is 7. The highest BCUT2D eigenvalue weighted by Crippen LogP contribution is 2.28. The van der Waals surface area contributed by atoms with Crippen LogP contribution in [0.25, 0.3) is 22.2 Å². The van der Waals surface area contributed by atoms with Gasteiger partial charge in [0.15, 0.2) is 0 Å². The van der Waals surface area contributed by atoms with Gasteiger partial charge in [-0.3, -0.25) is 4.79 Å². The largest absolute Gasteiger partial charge is 0.494 e. The van der Waals surface area contributed by atoms with Crippen LogP contribution in [-0.4, -0.2) is 45.6 Å². The molecule has 1 aliphatic rings. The van der Waals surface area contributed by atoms with Gasteiger partial charge in [-0.15, -0.1) is 0 Å². The normalized spacial score (nSPS) is 12.9. The molecule has 0 aliphatic carbocycles. The number of aromatic nitrogens is 3. The second kappa shape index (κ2) is 8.90. The zero-order valence-electron chi connectivity index (χ0n) is 18.7. The maximum atomic E-state index is 12.9. The minimum atomic E-state index is 0.0365. The molecule has 0 fully saturated rings. The Hall–Kier alpha value is -3.94. The lowest BCUT2D eigenvalue weighted by Gasteiger charge is -2.17. The molecular formula is C25H25N5O3. The van der Waals surface area contributed by atoms with E-state index in [1.54, 1.807) is 13.1 Å². The summed E-state index contributed by atoms with van der Waals surface area (Å²) < 4.78 is 10.8. The van der Waals surface area contributed by atoms with Crippen molar-refractivity contribution >= 4 is 22.5 Å². The molecule has 3 heterocycles. The fraction of sp³-hybridized carbons (Fsp3) is 0.280. The van der Waals surface area contributed by atoms with E-state index in [-0.39, 0.29) is 5.91 Å². The van der Waals surface area contributed by atoms with E-state index in [2.05, 4.69) is 27.4 Å². The predicted molar refractivity (Wildman–Crippen MR) is 125 cm³/mol. The molecule has 2 aromatic heterocycles. The third-order valence-corrected chi connectivity index (χ3v) is 5.66. The van der Waals surface area contributed by atoms with Crippen LogP contribution >= 0.6 is 0 Å². The molecule has 1 N–H and O–H groups in total. The van der Waals surface area contributed by atoms with Gasteiger partial charge in [0.1, 0.15) is 11.6 Å². The molecule has 2 aromatic carbocycles. The Morgan fingerprint density at radius 1 is 1.18 bits per heavy atom. The summed E-state index contributed by atoms with van der Waals surface area (Å²) in [6.07, 6.45) is 2.71. The number of nitrogens with one attached hydrogen (secondary N) is 1. The van der Waals surface area contributed by atoms with Gasteiger partial charge in [-0.25, -0.2) is 4.98 Å². The van der Waals surface area contributed by atoms with Crippen LogP contribution in [0.1, 0.15) is 35.2 Å². The highest BCUT2D eigenvalue weighted by molar-refractivity contribution is 5.99. The van der Waals surface area contributed by atoms with Gasteiger partial charge in [-0.1, -0.05) is 30.3 Å². The first kappa shape index (κ1) is 20.9. The van der Waals surface area contributed by atoms with E-state index in [9.17, 15) is 4.79 Å². The molecule has 33 heavy (non-hydrogen) atoms. The van der Waals surface area contributed by atoms with Crippen molar-refractivity contribution in [3.05, 3.63) is 65.7 Å². The monoisotopic (exact) mass is 443 g/mol. The smallest absolute Gasteiger partial charge is 0.254 e. The van der Waals surface area contributed by atoms with Crippen LogP contribution < -0.4 is 10.1 Å². The molecule has 0 spiro atoms. The van der Waals surface area contributed by atoms with Crippen LogP contribution in [0.3, 0.4) is 0 Å². The third-order valence-electron chi connectivity index (χ3n) is 5.66. The van der Waals surface area contributed by atoms with E-state index in [1.165, 1.54) is 0 Å². The van der Waals surface area contributed by atoms with E-state index in [1.807, 2.05) is 47.4 Å². The first-order valence-corrected chi connectivity index (χ1v) is 11.1. The SMILES string of the molecule is CCCOc1ccc2c(c1)C(=O)N(CCNc1nccc3ccc(-c4noc(C)n4)cc13)C2. The molecule has 0 radical (unpaired) electrons. The van der Waals surface area contributed by atoms with Gasteiger partial charge in [-0.05, 0) is 41.6 Å². The molecule has 0 unspecified atom stereocenters. The molecule has 4 aromatic rings. The number of amides is 1. The van der Waals surface area contributed by atoms with Crippen LogP contribution in [0.15, 0.2) is 53.2 Å². The molecule has 0 saturated carbocycles. The van der Waals surface area contributed by atoms with Crippen LogP contribution in [0.5, 0.6) is 5.75 Å². The van der Waals surface area contributed by atoms with Crippen LogP contribution in [0.2, 0.25) is 0 Å². The van der Waals surface area contributed by atoms with Gasteiger partial charge < -0.3 is 19.5 Å². The molecule has 0 bridgehead atoms. The lowest BCUT2D eigenvalue weighted by atomic mass is 10.1. The first-order valence-electron chi connectivity index (χ1n) is 11.1. The summed E-state index contributed by atoms with van der Waals surface area (Å²) in [4.78, 5) is 23.6. The second-order valence-electron chi connectivity index (χ2n) is 8.05. The number of pyridine rings is 1. The maximum absolute atomic E-state index is 12.9. The van der Waals surface area contributed by atoms with Crippen molar-refractivity contribution in [1.29, 1.82) is 0 Å². The molecule has 1 aliphatic heterocycles. The number of aryl methyl sites for hydroxylation is 1. The molecule has 1 amide bonds. The average Bonchev–Trinajstić information content (AvgIpc) is 3.40. The Morgan fingerprint density at radius 2 is 2.09 bits per heavy atom.